The number of nitrogens with two attached hydrogens (primary N) is 2. The van der Waals surface area contributed by atoms with Gasteiger partial charge in [-0.2, -0.15) is 0 Å². The molecule has 2 aromatic carbocycles. The van der Waals surface area contributed by atoms with Crippen molar-refractivity contribution in [2.45, 2.75) is 32.2 Å². The lowest BCUT2D eigenvalue weighted by Gasteiger charge is -2.13. The van der Waals surface area contributed by atoms with Gasteiger partial charge in [0, 0.05) is 12.1 Å². The van der Waals surface area contributed by atoms with Crippen molar-refractivity contribution < 1.29 is 19.1 Å². The summed E-state index contributed by atoms with van der Waals surface area (Å²) in [4.78, 5) is 34.2. The molecule has 0 heterocycles. The van der Waals surface area contributed by atoms with E-state index in [-0.39, 0.29) is 12.3 Å². The fourth-order valence-electron chi connectivity index (χ4n) is 2.68. The lowest BCUT2D eigenvalue weighted by molar-refractivity contribution is -0.122. The van der Waals surface area contributed by atoms with E-state index in [1.165, 1.54) is 0 Å². The molecule has 2 rings (SSSR count). The highest BCUT2D eigenvalue weighted by Gasteiger charge is 2.12. The molecule has 28 heavy (non-hydrogen) atoms. The molecule has 0 aliphatic heterocycles. The number of urea groups is 1. The molecule has 0 aliphatic rings. The van der Waals surface area contributed by atoms with Gasteiger partial charge in [-0.15, -0.1) is 0 Å². The van der Waals surface area contributed by atoms with Crippen LogP contribution in [0.1, 0.15) is 25.3 Å². The summed E-state index contributed by atoms with van der Waals surface area (Å²) in [5.74, 6) is -0.0950. The number of imide groups is 1. The molecule has 6 N–H and O–H groups in total. The summed E-state index contributed by atoms with van der Waals surface area (Å²) >= 11 is 0. The van der Waals surface area contributed by atoms with Crippen LogP contribution in [-0.4, -0.2) is 37.0 Å². The fraction of sp³-hybridized carbons (Fsp3) is 0.350. The van der Waals surface area contributed by atoms with Gasteiger partial charge < -0.3 is 21.5 Å². The number of hydrogen-bond donors (Lipinski definition) is 4. The van der Waals surface area contributed by atoms with Crippen molar-refractivity contribution in [3.63, 3.8) is 0 Å². The van der Waals surface area contributed by atoms with Crippen molar-refractivity contribution in [2.75, 3.05) is 13.2 Å². The number of rotatable bonds is 9. The Morgan fingerprint density at radius 3 is 2.43 bits per heavy atom. The number of unbranched alkanes of at least 4 members (excludes halogenated alkanes) is 1. The molecule has 0 unspecified atom stereocenters. The second kappa shape index (κ2) is 10.3. The SMILES string of the molecule is C[C@H](N)C(=O)NCCCCOc1cc2ccccc2cc1CC(=O)NC(N)=O. The smallest absolute Gasteiger partial charge is 0.318 e. The van der Waals surface area contributed by atoms with E-state index in [0.717, 1.165) is 23.6 Å². The monoisotopic (exact) mass is 386 g/mol. The van der Waals surface area contributed by atoms with Gasteiger partial charge >= 0.3 is 6.03 Å². The third-order valence-corrected chi connectivity index (χ3v) is 4.08. The van der Waals surface area contributed by atoms with Crippen LogP contribution in [0, 0.1) is 0 Å². The van der Waals surface area contributed by atoms with Crippen molar-refractivity contribution >= 4 is 28.6 Å². The largest absolute Gasteiger partial charge is 0.493 e. The van der Waals surface area contributed by atoms with E-state index in [1.54, 1.807) is 6.92 Å². The number of carbonyl (C=O) groups is 3. The third-order valence-electron chi connectivity index (χ3n) is 4.08. The zero-order valence-corrected chi connectivity index (χ0v) is 15.9. The molecule has 4 amide bonds. The van der Waals surface area contributed by atoms with Crippen molar-refractivity contribution in [1.29, 1.82) is 0 Å². The summed E-state index contributed by atoms with van der Waals surface area (Å²) in [7, 11) is 0. The molecule has 8 nitrogen and oxygen atoms in total. The molecule has 8 heteroatoms. The molecule has 0 aliphatic carbocycles. The Kier molecular flexibility index (Phi) is 7.76. The minimum atomic E-state index is -0.887. The molecule has 150 valence electrons. The summed E-state index contributed by atoms with van der Waals surface area (Å²) in [6, 6.07) is 10.1. The van der Waals surface area contributed by atoms with Crippen molar-refractivity contribution in [2.24, 2.45) is 11.5 Å². The number of hydrogen-bond acceptors (Lipinski definition) is 5. The Labute approximate surface area is 163 Å². The fourth-order valence-corrected chi connectivity index (χ4v) is 2.68. The zero-order chi connectivity index (χ0) is 20.5. The van der Waals surface area contributed by atoms with Gasteiger partial charge in [-0.25, -0.2) is 4.79 Å². The second-order valence-electron chi connectivity index (χ2n) is 6.53. The maximum atomic E-state index is 11.9. The topological polar surface area (TPSA) is 137 Å². The zero-order valence-electron chi connectivity index (χ0n) is 15.9. The number of amides is 4. The van der Waals surface area contributed by atoms with Crippen LogP contribution < -0.4 is 26.8 Å². The van der Waals surface area contributed by atoms with E-state index in [0.29, 0.717) is 24.5 Å². The van der Waals surface area contributed by atoms with Crippen LogP contribution >= 0.6 is 0 Å². The van der Waals surface area contributed by atoms with Crippen LogP contribution in [-0.2, 0) is 16.0 Å². The minimum Gasteiger partial charge on any atom is -0.493 e. The Hall–Kier alpha value is -3.13. The highest BCUT2D eigenvalue weighted by atomic mass is 16.5. The van der Waals surface area contributed by atoms with Crippen LogP contribution in [0.2, 0.25) is 0 Å². The Morgan fingerprint density at radius 2 is 1.79 bits per heavy atom. The van der Waals surface area contributed by atoms with E-state index in [4.69, 9.17) is 16.2 Å². The van der Waals surface area contributed by atoms with Crippen LogP contribution in [0.4, 0.5) is 4.79 Å². The Morgan fingerprint density at radius 1 is 1.11 bits per heavy atom. The molecule has 0 aromatic heterocycles. The first kappa shape index (κ1) is 21.2. The number of ether oxygens (including phenoxy) is 1. The van der Waals surface area contributed by atoms with Gasteiger partial charge in [0.2, 0.25) is 11.8 Å². The first-order valence-electron chi connectivity index (χ1n) is 9.14. The molecule has 0 radical (unpaired) electrons. The molecule has 0 bridgehead atoms. The number of fused-ring (bicyclic) bond motifs is 1. The molecule has 1 atom stereocenters. The molecule has 0 spiro atoms. The predicted molar refractivity (Wildman–Crippen MR) is 107 cm³/mol. The molecule has 2 aromatic rings. The quantitative estimate of drug-likeness (QED) is 0.480. The highest BCUT2D eigenvalue weighted by molar-refractivity contribution is 5.95. The molecule has 0 saturated heterocycles. The summed E-state index contributed by atoms with van der Waals surface area (Å²) in [6.45, 7) is 2.58. The molecular formula is C20H26N4O4. The minimum absolute atomic E-state index is 0.0203. The first-order chi connectivity index (χ1) is 13.4. The summed E-state index contributed by atoms with van der Waals surface area (Å²) in [5, 5.41) is 6.76. The number of carbonyl (C=O) groups excluding carboxylic acids is 3. The lowest BCUT2D eigenvalue weighted by Crippen LogP contribution is -2.38. The molecule has 0 saturated carbocycles. The van der Waals surface area contributed by atoms with Gasteiger partial charge in [0.05, 0.1) is 19.1 Å². The normalized spacial score (nSPS) is 11.6. The average Bonchev–Trinajstić information content (AvgIpc) is 2.63. The van der Waals surface area contributed by atoms with E-state index >= 15 is 0 Å². The summed E-state index contributed by atoms with van der Waals surface area (Å²) < 4.78 is 5.87. The predicted octanol–water partition coefficient (Wildman–Crippen LogP) is 1.20. The van der Waals surface area contributed by atoms with Crippen molar-refractivity contribution in [3.05, 3.63) is 42.0 Å². The van der Waals surface area contributed by atoms with Crippen LogP contribution in [0.25, 0.3) is 10.8 Å². The van der Waals surface area contributed by atoms with Gasteiger partial charge in [-0.1, -0.05) is 24.3 Å². The van der Waals surface area contributed by atoms with E-state index in [9.17, 15) is 14.4 Å². The van der Waals surface area contributed by atoms with E-state index < -0.39 is 18.0 Å². The Balaban J connectivity index is 1.98. The average molecular weight is 386 g/mol. The molecular weight excluding hydrogens is 360 g/mol. The van der Waals surface area contributed by atoms with Crippen LogP contribution in [0.5, 0.6) is 5.75 Å². The lowest BCUT2D eigenvalue weighted by atomic mass is 10.0. The van der Waals surface area contributed by atoms with Gasteiger partial charge in [0.1, 0.15) is 5.75 Å². The van der Waals surface area contributed by atoms with Gasteiger partial charge in [0.15, 0.2) is 0 Å². The van der Waals surface area contributed by atoms with Crippen LogP contribution in [0.3, 0.4) is 0 Å². The van der Waals surface area contributed by atoms with Crippen LogP contribution in [0.15, 0.2) is 36.4 Å². The van der Waals surface area contributed by atoms with Gasteiger partial charge in [-0.3, -0.25) is 14.9 Å². The maximum Gasteiger partial charge on any atom is 0.318 e. The number of benzene rings is 2. The summed E-state index contributed by atoms with van der Waals surface area (Å²) in [5.41, 5.74) is 11.2. The highest BCUT2D eigenvalue weighted by Crippen LogP contribution is 2.27. The summed E-state index contributed by atoms with van der Waals surface area (Å²) in [6.07, 6.45) is 1.44. The maximum absolute atomic E-state index is 11.9. The van der Waals surface area contributed by atoms with E-state index in [1.807, 2.05) is 36.4 Å². The second-order valence-corrected chi connectivity index (χ2v) is 6.53. The standard InChI is InChI=1S/C20H26N4O4/c1-13(21)19(26)23-8-4-5-9-28-17-11-15-7-3-2-6-14(15)10-16(17)12-18(25)24-20(22)27/h2-3,6-7,10-11,13H,4-5,8-9,12,21H2,1H3,(H,23,26)(H3,22,24,25,27)/t13-/m0/s1. The van der Waals surface area contributed by atoms with Crippen molar-refractivity contribution in [3.8, 4) is 5.75 Å². The number of nitrogens with one attached hydrogen (secondary N) is 2. The van der Waals surface area contributed by atoms with Gasteiger partial charge in [-0.05, 0) is 42.7 Å². The van der Waals surface area contributed by atoms with Crippen molar-refractivity contribution in [1.82, 2.24) is 10.6 Å². The Bertz CT molecular complexity index is 851. The third kappa shape index (κ3) is 6.55. The van der Waals surface area contributed by atoms with Gasteiger partial charge in [0.25, 0.3) is 0 Å². The number of primary amides is 1. The van der Waals surface area contributed by atoms with E-state index in [2.05, 4.69) is 10.6 Å². The molecule has 0 fully saturated rings. The first-order valence-corrected chi connectivity index (χ1v) is 9.14.